The van der Waals surface area contributed by atoms with Gasteiger partial charge in [0.25, 0.3) is 0 Å². The van der Waals surface area contributed by atoms with Crippen LogP contribution in [0.5, 0.6) is 0 Å². The van der Waals surface area contributed by atoms with Crippen LogP contribution in [0.1, 0.15) is 58.9 Å². The summed E-state index contributed by atoms with van der Waals surface area (Å²) >= 11 is 9.59. The summed E-state index contributed by atoms with van der Waals surface area (Å²) in [6.07, 6.45) is 3.73. The highest BCUT2D eigenvalue weighted by molar-refractivity contribution is 8.80. The molecule has 0 radical (unpaired) electrons. The fraction of sp³-hybridized carbons (Fsp3) is 0.529. The van der Waals surface area contributed by atoms with Crippen LogP contribution in [0.25, 0.3) is 16.7 Å². The van der Waals surface area contributed by atoms with E-state index in [1.807, 2.05) is 170 Å². The maximum atomic E-state index is 4.85. The van der Waals surface area contributed by atoms with E-state index in [-0.39, 0.29) is 10.8 Å². The molecule has 0 N–H and O–H groups in total. The van der Waals surface area contributed by atoms with Crippen LogP contribution >= 0.6 is 0 Å². The molecule has 3 rings (SSSR count). The number of hydrogen-bond donors (Lipinski definition) is 0. The van der Waals surface area contributed by atoms with Gasteiger partial charge in [0, 0.05) is 327 Å². The summed E-state index contributed by atoms with van der Waals surface area (Å²) in [4.78, 5) is 18.6. The number of rotatable bonds is 0. The highest BCUT2D eigenvalue weighted by Crippen LogP contribution is 2.28. The summed E-state index contributed by atoms with van der Waals surface area (Å²) in [5.74, 6) is 1.78. The van der Waals surface area contributed by atoms with E-state index in [1.54, 1.807) is 107 Å². The normalized spacial score (nSPS) is 9.87. The molecule has 0 saturated heterocycles. The molecular formula is C17H23N5S33. The fourth-order valence-corrected chi connectivity index (χ4v) is 82.4. The van der Waals surface area contributed by atoms with Crippen molar-refractivity contribution in [2.24, 2.45) is 0 Å². The van der Waals surface area contributed by atoms with E-state index in [2.05, 4.69) is 55.9 Å². The van der Waals surface area contributed by atoms with Gasteiger partial charge >= 0.3 is 0 Å². The van der Waals surface area contributed by atoms with Crippen LogP contribution in [-0.2, 0) is 309 Å². The zero-order valence-electron chi connectivity index (χ0n) is 27.9. The van der Waals surface area contributed by atoms with Gasteiger partial charge in [0.2, 0.25) is 0 Å². The number of nitrogens with zero attached hydrogens (tertiary/aromatic N) is 5. The van der Waals surface area contributed by atoms with Crippen LogP contribution in [-0.4, -0.2) is 24.3 Å². The van der Waals surface area contributed by atoms with Crippen LogP contribution in [0, 0.1) is 6.92 Å². The smallest absolute Gasteiger partial charge is 0.168 e. The van der Waals surface area contributed by atoms with Crippen LogP contribution in [0.4, 0.5) is 0 Å². The van der Waals surface area contributed by atoms with Crippen molar-refractivity contribution in [3.05, 3.63) is 29.7 Å². The predicted molar refractivity (Wildman–Crippen MR) is 331 cm³/mol. The van der Waals surface area contributed by atoms with Crippen LogP contribution in [0.2, 0.25) is 0 Å². The topological polar surface area (TPSA) is 56.0 Å². The van der Waals surface area contributed by atoms with Gasteiger partial charge in [-0.1, -0.05) is 41.5 Å². The number of aryl methyl sites for hydroxylation is 1. The third kappa shape index (κ3) is 26.7. The Bertz CT molecular complexity index is 3210. The first-order valence-electron chi connectivity index (χ1n) is 12.9. The second-order valence-corrected chi connectivity index (χ2v) is 64.9. The van der Waals surface area contributed by atoms with Crippen molar-refractivity contribution in [3.8, 4) is 0 Å². The van der Waals surface area contributed by atoms with Crippen molar-refractivity contribution in [3.63, 3.8) is 0 Å². The van der Waals surface area contributed by atoms with Gasteiger partial charge in [-0.25, -0.2) is 19.9 Å². The zero-order valence-corrected chi connectivity index (χ0v) is 54.8. The van der Waals surface area contributed by atoms with Gasteiger partial charge in [-0.05, 0) is 6.92 Å². The van der Waals surface area contributed by atoms with Gasteiger partial charge in [-0.2, -0.15) is 0 Å². The Morgan fingerprint density at radius 1 is 0.436 bits per heavy atom. The lowest BCUT2D eigenvalue weighted by Crippen LogP contribution is -2.21. The van der Waals surface area contributed by atoms with E-state index in [9.17, 15) is 0 Å². The summed E-state index contributed by atoms with van der Waals surface area (Å²) in [6.45, 7) is 14.8. The van der Waals surface area contributed by atoms with Crippen molar-refractivity contribution in [1.29, 1.82) is 0 Å². The van der Waals surface area contributed by atoms with Crippen molar-refractivity contribution in [2.75, 3.05) is 0 Å². The molecule has 0 aliphatic rings. The van der Waals surface area contributed by atoms with Crippen molar-refractivity contribution in [2.45, 2.75) is 59.3 Å². The van der Waals surface area contributed by atoms with Crippen molar-refractivity contribution < 1.29 is 0 Å². The maximum absolute atomic E-state index is 4.85. The Balaban J connectivity index is 0.000000407. The molecule has 0 unspecified atom stereocenters. The molecule has 0 atom stereocenters. The predicted octanol–water partition coefficient (Wildman–Crippen LogP) is 3.50. The first-order chi connectivity index (χ1) is 26.5. The molecule has 5 nitrogen and oxygen atoms in total. The Kier molecular flexibility index (Phi) is 36.3. The van der Waals surface area contributed by atoms with E-state index >= 15 is 0 Å². The van der Waals surface area contributed by atoms with Gasteiger partial charge in [0.15, 0.2) is 11.3 Å². The van der Waals surface area contributed by atoms with Gasteiger partial charge in [-0.15, -0.1) is 0 Å². The van der Waals surface area contributed by atoms with E-state index in [1.165, 1.54) is 17.8 Å². The van der Waals surface area contributed by atoms with Crippen molar-refractivity contribution in [1.82, 2.24) is 24.3 Å². The Labute approximate surface area is 418 Å². The molecule has 0 aromatic carbocycles. The lowest BCUT2D eigenvalue weighted by Gasteiger charge is -2.21. The molecule has 0 fully saturated rings. The van der Waals surface area contributed by atoms with E-state index in [0.717, 1.165) is 34.0 Å². The highest BCUT2D eigenvalue weighted by atomic mass is 33.5. The van der Waals surface area contributed by atoms with Gasteiger partial charge in [-0.3, -0.25) is 4.40 Å². The summed E-state index contributed by atoms with van der Waals surface area (Å²) in [6, 6.07) is 0. The molecule has 3 aromatic rings. The Morgan fingerprint density at radius 3 is 1.05 bits per heavy atom. The molecule has 38 heteroatoms. The highest BCUT2D eigenvalue weighted by Gasteiger charge is 2.24. The molecule has 0 amide bonds. The van der Waals surface area contributed by atoms with E-state index < -0.39 is 0 Å². The van der Waals surface area contributed by atoms with Gasteiger partial charge < -0.3 is 0 Å². The summed E-state index contributed by atoms with van der Waals surface area (Å²) in [7, 11) is 54.6. The number of imidazole rings is 1. The maximum Gasteiger partial charge on any atom is 0.168 e. The van der Waals surface area contributed by atoms with Gasteiger partial charge in [0.1, 0.15) is 11.6 Å². The van der Waals surface area contributed by atoms with E-state index in [4.69, 9.17) is 32.3 Å². The monoisotopic (exact) mass is 1350 g/mol. The number of aromatic nitrogens is 5. The minimum absolute atomic E-state index is 0.0925. The quantitative estimate of drug-likeness (QED) is 0.344. The van der Waals surface area contributed by atoms with Crippen LogP contribution < -0.4 is 0 Å². The van der Waals surface area contributed by atoms with Crippen LogP contribution in [0.3, 0.4) is 0 Å². The lowest BCUT2D eigenvalue weighted by atomic mass is 9.95. The largest absolute Gasteiger partial charge is 0.284 e. The third-order valence-electron chi connectivity index (χ3n) is 4.55. The molecule has 3 aromatic heterocycles. The first kappa shape index (κ1) is 56.3. The molecular weight excluding hydrogens is 1330 g/mol. The first-order valence-corrected chi connectivity index (χ1v) is 55.6. The Hall–Kier alpha value is 5.22. The SMILES string of the molecule is Cc1cnc2c3cnc(C(C)(C)C)nc3nc(C(C)(C)C)n12.S=S=S=S=S=S=S=S=S=S=S=S=S=S=S=S=S=S=S=S=S=S=S=S=S=S=S=S=S=S=S=S=S. The average molecular weight is 1360 g/mol. The fourth-order valence-electron chi connectivity index (χ4n) is 2.85. The third-order valence-corrected chi connectivity index (χ3v) is 71.2. The average Bonchev–Trinajstić information content (AvgIpc) is 3.54. The second kappa shape index (κ2) is 35.5. The molecule has 314 valence electrons. The van der Waals surface area contributed by atoms with Crippen LogP contribution in [0.15, 0.2) is 12.4 Å². The zero-order chi connectivity index (χ0) is 40.2. The van der Waals surface area contributed by atoms with Crippen molar-refractivity contribution >= 4 is 314 Å². The Morgan fingerprint density at radius 2 is 0.764 bits per heavy atom. The molecule has 0 aliphatic heterocycles. The lowest BCUT2D eigenvalue weighted by molar-refractivity contribution is 0.532. The number of fused-ring (bicyclic) bond motifs is 3. The summed E-state index contributed by atoms with van der Waals surface area (Å²) in [5.41, 5.74) is 2.49. The minimum atomic E-state index is -0.102. The molecule has 3 heterocycles. The minimum Gasteiger partial charge on any atom is -0.284 e. The number of hydrogen-bond acceptors (Lipinski definition) is 6. The summed E-state index contributed by atoms with van der Waals surface area (Å²) in [5, 5.41) is 0.897. The molecule has 0 saturated carbocycles. The second-order valence-electron chi connectivity index (χ2n) is 10.0. The molecule has 55 heavy (non-hydrogen) atoms. The molecule has 0 aliphatic carbocycles. The van der Waals surface area contributed by atoms with E-state index in [0.29, 0.717) is 0 Å². The molecule has 0 bridgehead atoms. The summed E-state index contributed by atoms with van der Waals surface area (Å²) < 4.78 is 2.11. The van der Waals surface area contributed by atoms with Gasteiger partial charge in [0.05, 0.1) is 5.39 Å². The standard InChI is InChI=1S/C17H23N5.S33/c1-10-8-18-13-11-9-19-14(16(2,3)4)20-12(11)21-15(22(10)13)17(5,6)7;1-3-5-7-9-11-13-15-17-19-21-23-25-27-29-31-33-32-30-28-26-24-22-20-18-16-14-12-10-8-6-4-2/h8-9H,1-7H3;. The molecule has 0 spiro atoms.